The molecule has 10 heavy (non-hydrogen) atoms. The molecular weight excluding hydrogens is 128 g/mol. The van der Waals surface area contributed by atoms with Crippen LogP contribution in [0.2, 0.25) is 0 Å². The first kappa shape index (κ1) is 7.76. The highest BCUT2D eigenvalue weighted by atomic mass is 16.5. The first-order chi connectivity index (χ1) is 4.79. The third-order valence-electron chi connectivity index (χ3n) is 1.55. The lowest BCUT2D eigenvalue weighted by molar-refractivity contribution is 0.127. The summed E-state index contributed by atoms with van der Waals surface area (Å²) in [5, 5.41) is 8.97. The Morgan fingerprint density at radius 3 is 3.00 bits per heavy atom. The van der Waals surface area contributed by atoms with E-state index in [0.29, 0.717) is 6.61 Å². The van der Waals surface area contributed by atoms with E-state index in [2.05, 4.69) is 0 Å². The van der Waals surface area contributed by atoms with Crippen molar-refractivity contribution in [1.29, 1.82) is 0 Å². The molecular formula is C8H14O2. The van der Waals surface area contributed by atoms with Crippen molar-refractivity contribution in [2.75, 3.05) is 13.2 Å². The fourth-order valence-electron chi connectivity index (χ4n) is 1.15. The zero-order valence-electron chi connectivity index (χ0n) is 6.34. The minimum absolute atomic E-state index is 0.323. The molecule has 0 aliphatic carbocycles. The maximum Gasteiger partial charge on any atom is 0.0696 e. The topological polar surface area (TPSA) is 29.5 Å². The van der Waals surface area contributed by atoms with Crippen molar-refractivity contribution in [3.8, 4) is 0 Å². The van der Waals surface area contributed by atoms with Crippen LogP contribution in [-0.2, 0) is 4.74 Å². The van der Waals surface area contributed by atoms with Crippen LogP contribution in [0.4, 0.5) is 0 Å². The summed E-state index contributed by atoms with van der Waals surface area (Å²) in [6.45, 7) is 3.35. The van der Waals surface area contributed by atoms with Gasteiger partial charge in [0.25, 0.3) is 0 Å². The molecule has 1 heterocycles. The van der Waals surface area contributed by atoms with Gasteiger partial charge in [-0.25, -0.2) is 0 Å². The van der Waals surface area contributed by atoms with Crippen molar-refractivity contribution in [3.05, 3.63) is 11.6 Å². The highest BCUT2D eigenvalue weighted by Crippen LogP contribution is 2.12. The molecule has 1 aliphatic rings. The Bertz CT molecular complexity index is 119. The van der Waals surface area contributed by atoms with Gasteiger partial charge in [0, 0.05) is 6.61 Å². The standard InChI is InChI=1S/C8H14O2/c1-7(9)5-8-3-2-4-10-6-8/h5,7,9H,2-4,6H2,1H3/b8-5-. The van der Waals surface area contributed by atoms with E-state index in [1.54, 1.807) is 6.92 Å². The molecule has 0 amide bonds. The molecule has 2 nitrogen and oxygen atoms in total. The van der Waals surface area contributed by atoms with Crippen molar-refractivity contribution in [3.63, 3.8) is 0 Å². The largest absolute Gasteiger partial charge is 0.389 e. The van der Waals surface area contributed by atoms with Gasteiger partial charge in [0.2, 0.25) is 0 Å². The summed E-state index contributed by atoms with van der Waals surface area (Å²) in [6, 6.07) is 0. The highest BCUT2D eigenvalue weighted by Gasteiger charge is 2.05. The Labute approximate surface area is 61.5 Å². The van der Waals surface area contributed by atoms with Gasteiger partial charge in [-0.2, -0.15) is 0 Å². The zero-order valence-corrected chi connectivity index (χ0v) is 6.34. The third kappa shape index (κ3) is 2.50. The predicted molar refractivity (Wildman–Crippen MR) is 39.8 cm³/mol. The number of hydrogen-bond acceptors (Lipinski definition) is 2. The van der Waals surface area contributed by atoms with E-state index < -0.39 is 0 Å². The first-order valence-corrected chi connectivity index (χ1v) is 3.74. The summed E-state index contributed by atoms with van der Waals surface area (Å²) in [4.78, 5) is 0. The molecule has 0 saturated carbocycles. The van der Waals surface area contributed by atoms with Crippen LogP contribution in [0.1, 0.15) is 19.8 Å². The molecule has 0 bridgehead atoms. The molecule has 0 aromatic heterocycles. The Hall–Kier alpha value is -0.340. The van der Waals surface area contributed by atoms with Crippen molar-refractivity contribution >= 4 is 0 Å². The number of rotatable bonds is 1. The fourth-order valence-corrected chi connectivity index (χ4v) is 1.15. The molecule has 1 atom stereocenters. The monoisotopic (exact) mass is 142 g/mol. The van der Waals surface area contributed by atoms with Crippen molar-refractivity contribution in [1.82, 2.24) is 0 Å². The van der Waals surface area contributed by atoms with Crippen LogP contribution in [-0.4, -0.2) is 24.4 Å². The molecule has 0 aromatic carbocycles. The Balaban J connectivity index is 2.37. The van der Waals surface area contributed by atoms with E-state index in [-0.39, 0.29) is 6.10 Å². The van der Waals surface area contributed by atoms with Gasteiger partial charge >= 0.3 is 0 Å². The summed E-state index contributed by atoms with van der Waals surface area (Å²) >= 11 is 0. The summed E-state index contributed by atoms with van der Waals surface area (Å²) in [6.07, 6.45) is 3.74. The van der Waals surface area contributed by atoms with Crippen LogP contribution < -0.4 is 0 Å². The van der Waals surface area contributed by atoms with E-state index in [4.69, 9.17) is 9.84 Å². The minimum atomic E-state index is -0.323. The zero-order chi connectivity index (χ0) is 7.40. The number of aliphatic hydroxyl groups excluding tert-OH is 1. The molecule has 1 aliphatic heterocycles. The number of ether oxygens (including phenoxy) is 1. The Morgan fingerprint density at radius 1 is 1.70 bits per heavy atom. The number of aliphatic hydroxyl groups is 1. The van der Waals surface area contributed by atoms with Gasteiger partial charge in [-0.1, -0.05) is 6.08 Å². The molecule has 0 spiro atoms. The summed E-state index contributed by atoms with van der Waals surface area (Å²) < 4.78 is 5.20. The minimum Gasteiger partial charge on any atom is -0.389 e. The van der Waals surface area contributed by atoms with Gasteiger partial charge in [-0.05, 0) is 25.3 Å². The summed E-state index contributed by atoms with van der Waals surface area (Å²) in [5.41, 5.74) is 1.24. The molecule has 1 rings (SSSR count). The molecule has 58 valence electrons. The van der Waals surface area contributed by atoms with Gasteiger partial charge in [0.05, 0.1) is 12.7 Å². The van der Waals surface area contributed by atoms with E-state index in [9.17, 15) is 0 Å². The Morgan fingerprint density at radius 2 is 2.50 bits per heavy atom. The first-order valence-electron chi connectivity index (χ1n) is 3.74. The lowest BCUT2D eigenvalue weighted by Gasteiger charge is -2.14. The van der Waals surface area contributed by atoms with E-state index >= 15 is 0 Å². The maximum absolute atomic E-state index is 8.97. The molecule has 0 radical (unpaired) electrons. The smallest absolute Gasteiger partial charge is 0.0696 e. The predicted octanol–water partition coefficient (Wildman–Crippen LogP) is 1.10. The van der Waals surface area contributed by atoms with Crippen molar-refractivity contribution < 1.29 is 9.84 Å². The molecule has 1 unspecified atom stereocenters. The normalized spacial score (nSPS) is 26.8. The van der Waals surface area contributed by atoms with Crippen LogP contribution in [0.5, 0.6) is 0 Å². The van der Waals surface area contributed by atoms with Gasteiger partial charge in [-0.15, -0.1) is 0 Å². The molecule has 1 fully saturated rings. The molecule has 0 aromatic rings. The average molecular weight is 142 g/mol. The summed E-state index contributed by atoms with van der Waals surface area (Å²) in [5.74, 6) is 0. The summed E-state index contributed by atoms with van der Waals surface area (Å²) in [7, 11) is 0. The molecule has 1 N–H and O–H groups in total. The van der Waals surface area contributed by atoms with E-state index in [1.807, 2.05) is 6.08 Å². The quantitative estimate of drug-likeness (QED) is 0.555. The highest BCUT2D eigenvalue weighted by molar-refractivity contribution is 5.06. The second-order valence-corrected chi connectivity index (χ2v) is 2.72. The van der Waals surface area contributed by atoms with E-state index in [1.165, 1.54) is 5.57 Å². The van der Waals surface area contributed by atoms with Gasteiger partial charge in [-0.3, -0.25) is 0 Å². The molecule has 1 saturated heterocycles. The van der Waals surface area contributed by atoms with E-state index in [0.717, 1.165) is 19.4 Å². The molecule has 2 heteroatoms. The van der Waals surface area contributed by atoms with Crippen LogP contribution in [0.3, 0.4) is 0 Å². The van der Waals surface area contributed by atoms with Gasteiger partial charge < -0.3 is 9.84 Å². The average Bonchev–Trinajstić information content (AvgIpc) is 1.88. The maximum atomic E-state index is 8.97. The third-order valence-corrected chi connectivity index (χ3v) is 1.55. The van der Waals surface area contributed by atoms with Gasteiger partial charge in [0.1, 0.15) is 0 Å². The second kappa shape index (κ2) is 3.74. The lowest BCUT2D eigenvalue weighted by atomic mass is 10.1. The van der Waals surface area contributed by atoms with Crippen LogP contribution in [0, 0.1) is 0 Å². The fraction of sp³-hybridized carbons (Fsp3) is 0.750. The van der Waals surface area contributed by atoms with Crippen LogP contribution in [0.25, 0.3) is 0 Å². The van der Waals surface area contributed by atoms with Crippen molar-refractivity contribution in [2.24, 2.45) is 0 Å². The van der Waals surface area contributed by atoms with Crippen molar-refractivity contribution in [2.45, 2.75) is 25.9 Å². The number of hydrogen-bond donors (Lipinski definition) is 1. The lowest BCUT2D eigenvalue weighted by Crippen LogP contribution is -2.10. The SMILES string of the molecule is CC(O)/C=C1/CCCOC1. The van der Waals surface area contributed by atoms with Crippen LogP contribution in [0.15, 0.2) is 11.6 Å². The van der Waals surface area contributed by atoms with Crippen LogP contribution >= 0.6 is 0 Å². The van der Waals surface area contributed by atoms with Gasteiger partial charge in [0.15, 0.2) is 0 Å². The Kier molecular flexibility index (Phi) is 2.90. The second-order valence-electron chi connectivity index (χ2n) is 2.72.